The fraction of sp³-hybridized carbons (Fsp3) is 0.308. The summed E-state index contributed by atoms with van der Waals surface area (Å²) in [6.45, 7) is 2.50. The highest BCUT2D eigenvalue weighted by Crippen LogP contribution is 2.20. The summed E-state index contributed by atoms with van der Waals surface area (Å²) in [5.74, 6) is 0. The van der Waals surface area contributed by atoms with Gasteiger partial charge in [0.15, 0.2) is 0 Å². The lowest BCUT2D eigenvalue weighted by Gasteiger charge is -2.19. The fourth-order valence-electron chi connectivity index (χ4n) is 1.88. The molecule has 2 rings (SSSR count). The van der Waals surface area contributed by atoms with Gasteiger partial charge in [-0.2, -0.15) is 9.40 Å². The van der Waals surface area contributed by atoms with Crippen LogP contribution in [0.4, 0.5) is 0 Å². The third kappa shape index (κ3) is 3.20. The van der Waals surface area contributed by atoms with Crippen LogP contribution in [0.3, 0.4) is 0 Å². The first kappa shape index (κ1) is 15.0. The van der Waals surface area contributed by atoms with E-state index in [1.165, 1.54) is 16.4 Å². The van der Waals surface area contributed by atoms with Crippen molar-refractivity contribution in [1.82, 2.24) is 14.1 Å². The minimum absolute atomic E-state index is 0.243. The van der Waals surface area contributed by atoms with Gasteiger partial charge in [0, 0.05) is 36.9 Å². The highest BCUT2D eigenvalue weighted by Gasteiger charge is 2.23. The van der Waals surface area contributed by atoms with Gasteiger partial charge >= 0.3 is 0 Å². The van der Waals surface area contributed by atoms with E-state index < -0.39 is 10.0 Å². The molecule has 0 aliphatic rings. The predicted molar refractivity (Wildman–Crippen MR) is 77.9 cm³/mol. The van der Waals surface area contributed by atoms with Crippen LogP contribution in [0.15, 0.2) is 41.6 Å². The second-order valence-electron chi connectivity index (χ2n) is 4.41. The largest absolute Gasteiger partial charge is 0.275 e. The first-order chi connectivity index (χ1) is 9.43. The minimum atomic E-state index is -3.52. The molecule has 108 valence electrons. The summed E-state index contributed by atoms with van der Waals surface area (Å²) in [5.41, 5.74) is 0.854. The van der Waals surface area contributed by atoms with E-state index in [2.05, 4.69) is 5.10 Å². The molecule has 0 fully saturated rings. The second kappa shape index (κ2) is 5.95. The summed E-state index contributed by atoms with van der Waals surface area (Å²) in [5, 5.41) is 4.56. The quantitative estimate of drug-likeness (QED) is 0.851. The van der Waals surface area contributed by atoms with Crippen molar-refractivity contribution in [3.8, 4) is 0 Å². The number of nitrogens with zero attached hydrogens (tertiary/aromatic N) is 3. The van der Waals surface area contributed by atoms with Gasteiger partial charge in [-0.15, -0.1) is 0 Å². The predicted octanol–water partition coefficient (Wildman–Crippen LogP) is 2.28. The number of hydrogen-bond donors (Lipinski definition) is 0. The Balaban J connectivity index is 2.27. The minimum Gasteiger partial charge on any atom is -0.275 e. The van der Waals surface area contributed by atoms with Crippen LogP contribution in [0.1, 0.15) is 12.5 Å². The van der Waals surface area contributed by atoms with E-state index in [1.807, 2.05) is 6.92 Å². The molecule has 7 heteroatoms. The number of sulfonamides is 1. The van der Waals surface area contributed by atoms with E-state index in [0.717, 1.165) is 5.56 Å². The molecule has 0 aliphatic heterocycles. The van der Waals surface area contributed by atoms with Crippen molar-refractivity contribution in [2.24, 2.45) is 7.05 Å². The van der Waals surface area contributed by atoms with E-state index >= 15 is 0 Å². The molecule has 0 atom stereocenters. The Bertz CT molecular complexity index is 680. The Morgan fingerprint density at radius 2 is 1.95 bits per heavy atom. The standard InChI is InChI=1S/C13H16ClN3O2S/c1-3-17(10-11-8-15-16(2)9-11)20(18,19)13-6-4-12(14)5-7-13/h4-9H,3,10H2,1-2H3. The van der Waals surface area contributed by atoms with E-state index in [1.54, 1.807) is 36.3 Å². The molecule has 0 radical (unpaired) electrons. The van der Waals surface area contributed by atoms with Gasteiger partial charge < -0.3 is 0 Å². The highest BCUT2D eigenvalue weighted by molar-refractivity contribution is 7.89. The summed E-state index contributed by atoms with van der Waals surface area (Å²) >= 11 is 5.79. The van der Waals surface area contributed by atoms with Gasteiger partial charge in [0.25, 0.3) is 0 Å². The first-order valence-electron chi connectivity index (χ1n) is 6.16. The molecule has 1 aromatic heterocycles. The van der Waals surface area contributed by atoms with Gasteiger partial charge in [0.1, 0.15) is 0 Å². The SMILES string of the molecule is CCN(Cc1cnn(C)c1)S(=O)(=O)c1ccc(Cl)cc1. The maximum atomic E-state index is 12.5. The summed E-state index contributed by atoms with van der Waals surface area (Å²) < 4.78 is 28.1. The third-order valence-corrected chi connectivity index (χ3v) is 5.11. The van der Waals surface area contributed by atoms with Crippen LogP contribution >= 0.6 is 11.6 Å². The number of aryl methyl sites for hydroxylation is 1. The van der Waals surface area contributed by atoms with Gasteiger partial charge in [0.05, 0.1) is 11.1 Å². The topological polar surface area (TPSA) is 55.2 Å². The maximum Gasteiger partial charge on any atom is 0.243 e. The Morgan fingerprint density at radius 1 is 1.30 bits per heavy atom. The third-order valence-electron chi connectivity index (χ3n) is 2.92. The summed E-state index contributed by atoms with van der Waals surface area (Å²) in [4.78, 5) is 0.243. The number of rotatable bonds is 5. The van der Waals surface area contributed by atoms with Gasteiger partial charge in [-0.1, -0.05) is 18.5 Å². The van der Waals surface area contributed by atoms with Crippen molar-refractivity contribution < 1.29 is 8.42 Å². The van der Waals surface area contributed by atoms with Crippen molar-refractivity contribution >= 4 is 21.6 Å². The molecule has 1 heterocycles. The fourth-order valence-corrected chi connectivity index (χ4v) is 3.44. The van der Waals surface area contributed by atoms with Crippen molar-refractivity contribution in [3.05, 3.63) is 47.2 Å². The Labute approximate surface area is 123 Å². The van der Waals surface area contributed by atoms with Gasteiger partial charge in [-0.25, -0.2) is 8.42 Å². The van der Waals surface area contributed by atoms with Gasteiger partial charge in [-0.3, -0.25) is 4.68 Å². The van der Waals surface area contributed by atoms with Crippen LogP contribution in [0.5, 0.6) is 0 Å². The Kier molecular flexibility index (Phi) is 4.47. The number of halogens is 1. The molecule has 0 N–H and O–H groups in total. The van der Waals surface area contributed by atoms with E-state index in [4.69, 9.17) is 11.6 Å². The molecule has 0 amide bonds. The lowest BCUT2D eigenvalue weighted by atomic mass is 10.3. The number of aromatic nitrogens is 2. The normalized spacial score (nSPS) is 12.0. The number of hydrogen-bond acceptors (Lipinski definition) is 3. The molecule has 0 bridgehead atoms. The maximum absolute atomic E-state index is 12.5. The Hall–Kier alpha value is -1.37. The van der Waals surface area contributed by atoms with Gasteiger partial charge in [-0.05, 0) is 24.3 Å². The summed E-state index contributed by atoms with van der Waals surface area (Å²) in [6.07, 6.45) is 3.47. The molecule has 5 nitrogen and oxygen atoms in total. The molecule has 20 heavy (non-hydrogen) atoms. The molecule has 0 unspecified atom stereocenters. The number of benzene rings is 1. The molecule has 0 spiro atoms. The average molecular weight is 314 g/mol. The molecule has 1 aromatic carbocycles. The van der Waals surface area contributed by atoms with Crippen LogP contribution in [-0.4, -0.2) is 29.0 Å². The van der Waals surface area contributed by atoms with Crippen LogP contribution in [0.25, 0.3) is 0 Å². The molecule has 2 aromatic rings. The Morgan fingerprint density at radius 3 is 2.45 bits per heavy atom. The first-order valence-corrected chi connectivity index (χ1v) is 7.98. The van der Waals surface area contributed by atoms with Crippen molar-refractivity contribution in [3.63, 3.8) is 0 Å². The monoisotopic (exact) mass is 313 g/mol. The molecule has 0 aliphatic carbocycles. The van der Waals surface area contributed by atoms with Crippen molar-refractivity contribution in [1.29, 1.82) is 0 Å². The molecular formula is C13H16ClN3O2S. The smallest absolute Gasteiger partial charge is 0.243 e. The molecule has 0 saturated heterocycles. The highest BCUT2D eigenvalue weighted by atomic mass is 35.5. The second-order valence-corrected chi connectivity index (χ2v) is 6.78. The van der Waals surface area contributed by atoms with Gasteiger partial charge in [0.2, 0.25) is 10.0 Å². The zero-order valence-electron chi connectivity index (χ0n) is 11.3. The van der Waals surface area contributed by atoms with E-state index in [-0.39, 0.29) is 4.90 Å². The van der Waals surface area contributed by atoms with Crippen molar-refractivity contribution in [2.45, 2.75) is 18.4 Å². The van der Waals surface area contributed by atoms with E-state index in [9.17, 15) is 8.42 Å². The average Bonchev–Trinajstić information content (AvgIpc) is 2.82. The van der Waals surface area contributed by atoms with Crippen LogP contribution in [0, 0.1) is 0 Å². The molecule has 0 saturated carbocycles. The summed E-state index contributed by atoms with van der Waals surface area (Å²) in [7, 11) is -1.72. The van der Waals surface area contributed by atoms with Crippen LogP contribution < -0.4 is 0 Å². The molecular weight excluding hydrogens is 298 g/mol. The van der Waals surface area contributed by atoms with Crippen LogP contribution in [-0.2, 0) is 23.6 Å². The zero-order valence-corrected chi connectivity index (χ0v) is 12.9. The summed E-state index contributed by atoms with van der Waals surface area (Å²) in [6, 6.07) is 6.19. The lowest BCUT2D eigenvalue weighted by Crippen LogP contribution is -2.30. The van der Waals surface area contributed by atoms with E-state index in [0.29, 0.717) is 18.1 Å². The van der Waals surface area contributed by atoms with Crippen LogP contribution in [0.2, 0.25) is 5.02 Å². The van der Waals surface area contributed by atoms with Crippen molar-refractivity contribution in [2.75, 3.05) is 6.54 Å². The lowest BCUT2D eigenvalue weighted by molar-refractivity contribution is 0.423. The zero-order chi connectivity index (χ0) is 14.8.